The van der Waals surface area contributed by atoms with Crippen molar-refractivity contribution in [2.24, 2.45) is 0 Å². The lowest BCUT2D eigenvalue weighted by Crippen LogP contribution is -1.98. The molecule has 0 aliphatic heterocycles. The van der Waals surface area contributed by atoms with E-state index in [1.807, 2.05) is 0 Å². The molecule has 0 atom stereocenters. The van der Waals surface area contributed by atoms with E-state index in [4.69, 9.17) is 21.4 Å². The molecule has 0 aliphatic carbocycles. The first kappa shape index (κ1) is 15.3. The topological polar surface area (TPSA) is 89.7 Å². The van der Waals surface area contributed by atoms with Gasteiger partial charge >= 0.3 is 11.7 Å². The van der Waals surface area contributed by atoms with Crippen LogP contribution in [0.3, 0.4) is 0 Å². The number of carbonyl (C=O) groups is 1. The van der Waals surface area contributed by atoms with Gasteiger partial charge < -0.3 is 9.84 Å². The third-order valence-electron chi connectivity index (χ3n) is 2.52. The van der Waals surface area contributed by atoms with Crippen LogP contribution >= 0.6 is 27.5 Å². The predicted octanol–water partition coefficient (Wildman–Crippen LogP) is 4.50. The van der Waals surface area contributed by atoms with Gasteiger partial charge in [-0.2, -0.15) is 0 Å². The Hall–Kier alpha value is -2.12. The predicted molar refractivity (Wildman–Crippen MR) is 79.3 cm³/mol. The molecule has 0 saturated carbocycles. The van der Waals surface area contributed by atoms with Gasteiger partial charge in [-0.1, -0.05) is 11.6 Å². The summed E-state index contributed by atoms with van der Waals surface area (Å²) in [6.07, 6.45) is 0. The van der Waals surface area contributed by atoms with Crippen molar-refractivity contribution in [3.05, 3.63) is 61.6 Å². The Labute approximate surface area is 132 Å². The average molecular weight is 373 g/mol. The van der Waals surface area contributed by atoms with Gasteiger partial charge in [0, 0.05) is 11.1 Å². The quantitative estimate of drug-likeness (QED) is 0.630. The third-order valence-corrected chi connectivity index (χ3v) is 3.41. The molecular formula is C13H7BrClNO5. The van der Waals surface area contributed by atoms with Crippen molar-refractivity contribution in [2.45, 2.75) is 0 Å². The van der Waals surface area contributed by atoms with Crippen LogP contribution in [0.25, 0.3) is 0 Å². The van der Waals surface area contributed by atoms with Crippen LogP contribution in [-0.2, 0) is 0 Å². The van der Waals surface area contributed by atoms with Gasteiger partial charge in [0.1, 0.15) is 5.75 Å². The third kappa shape index (κ3) is 3.50. The summed E-state index contributed by atoms with van der Waals surface area (Å²) in [6, 6.07) is 8.09. The smallest absolute Gasteiger partial charge is 0.335 e. The number of halogens is 2. The van der Waals surface area contributed by atoms with Gasteiger partial charge in [0.15, 0.2) is 0 Å². The Morgan fingerprint density at radius 2 is 1.95 bits per heavy atom. The molecule has 1 N–H and O–H groups in total. The average Bonchev–Trinajstić information content (AvgIpc) is 2.42. The summed E-state index contributed by atoms with van der Waals surface area (Å²) in [7, 11) is 0. The lowest BCUT2D eigenvalue weighted by atomic mass is 10.2. The van der Waals surface area contributed by atoms with Crippen LogP contribution < -0.4 is 4.74 Å². The number of hydrogen-bond acceptors (Lipinski definition) is 4. The fourth-order valence-corrected chi connectivity index (χ4v) is 2.05. The molecule has 0 fully saturated rings. The summed E-state index contributed by atoms with van der Waals surface area (Å²) >= 11 is 8.91. The van der Waals surface area contributed by atoms with E-state index in [2.05, 4.69) is 15.9 Å². The molecule has 0 bridgehead atoms. The van der Waals surface area contributed by atoms with Crippen LogP contribution in [0.2, 0.25) is 5.02 Å². The van der Waals surface area contributed by atoms with Crippen molar-refractivity contribution in [1.82, 2.24) is 0 Å². The van der Waals surface area contributed by atoms with Gasteiger partial charge in [0.05, 0.1) is 15.0 Å². The molecule has 6 nitrogen and oxygen atoms in total. The molecular weight excluding hydrogens is 366 g/mol. The lowest BCUT2D eigenvalue weighted by molar-refractivity contribution is -0.385. The van der Waals surface area contributed by atoms with Crippen molar-refractivity contribution >= 4 is 39.2 Å². The van der Waals surface area contributed by atoms with E-state index in [9.17, 15) is 14.9 Å². The first-order chi connectivity index (χ1) is 9.88. The van der Waals surface area contributed by atoms with E-state index in [-0.39, 0.29) is 27.8 Å². The minimum absolute atomic E-state index is 0.00446. The minimum Gasteiger partial charge on any atom is -0.478 e. The molecule has 0 aromatic heterocycles. The van der Waals surface area contributed by atoms with Gasteiger partial charge in [-0.05, 0) is 46.3 Å². The zero-order chi connectivity index (χ0) is 15.6. The first-order valence-electron chi connectivity index (χ1n) is 5.53. The van der Waals surface area contributed by atoms with Gasteiger partial charge in [0.2, 0.25) is 5.75 Å². The highest BCUT2D eigenvalue weighted by Gasteiger charge is 2.18. The van der Waals surface area contributed by atoms with Crippen molar-refractivity contribution < 1.29 is 19.6 Å². The summed E-state index contributed by atoms with van der Waals surface area (Å²) in [5, 5.41) is 20.1. The normalized spacial score (nSPS) is 10.2. The molecule has 21 heavy (non-hydrogen) atoms. The Bertz CT molecular complexity index is 734. The summed E-state index contributed by atoms with van der Waals surface area (Å²) in [5.41, 5.74) is -0.306. The van der Waals surface area contributed by atoms with Gasteiger partial charge in [-0.3, -0.25) is 10.1 Å². The van der Waals surface area contributed by atoms with Crippen molar-refractivity contribution in [2.75, 3.05) is 0 Å². The van der Waals surface area contributed by atoms with Crippen molar-refractivity contribution in [1.29, 1.82) is 0 Å². The Morgan fingerprint density at radius 1 is 1.24 bits per heavy atom. The Kier molecular flexibility index (Phi) is 4.44. The second-order valence-corrected chi connectivity index (χ2v) is 5.21. The van der Waals surface area contributed by atoms with E-state index in [1.165, 1.54) is 30.3 Å². The van der Waals surface area contributed by atoms with Crippen LogP contribution in [0, 0.1) is 10.1 Å². The monoisotopic (exact) mass is 371 g/mol. The minimum atomic E-state index is -1.13. The number of aromatic carboxylic acids is 1. The largest absolute Gasteiger partial charge is 0.478 e. The van der Waals surface area contributed by atoms with Crippen LogP contribution in [0.4, 0.5) is 5.69 Å². The van der Waals surface area contributed by atoms with E-state index in [1.54, 1.807) is 0 Å². The number of carboxylic acids is 1. The zero-order valence-corrected chi connectivity index (χ0v) is 12.6. The number of nitro benzene ring substituents is 1. The maximum atomic E-state index is 11.0. The highest BCUT2D eigenvalue weighted by Crippen LogP contribution is 2.36. The Balaban J connectivity index is 2.45. The summed E-state index contributed by atoms with van der Waals surface area (Å²) in [6.45, 7) is 0. The van der Waals surface area contributed by atoms with E-state index in [0.29, 0.717) is 4.47 Å². The molecule has 0 unspecified atom stereocenters. The number of nitrogens with zero attached hydrogens (tertiary/aromatic N) is 1. The first-order valence-corrected chi connectivity index (χ1v) is 6.70. The van der Waals surface area contributed by atoms with Crippen LogP contribution in [0.1, 0.15) is 10.4 Å². The van der Waals surface area contributed by atoms with Crippen LogP contribution in [0.15, 0.2) is 40.9 Å². The maximum Gasteiger partial charge on any atom is 0.335 e. The molecule has 8 heteroatoms. The highest BCUT2D eigenvalue weighted by molar-refractivity contribution is 9.10. The van der Waals surface area contributed by atoms with E-state index in [0.717, 1.165) is 6.07 Å². The zero-order valence-electron chi connectivity index (χ0n) is 10.2. The van der Waals surface area contributed by atoms with Gasteiger partial charge in [-0.15, -0.1) is 0 Å². The lowest BCUT2D eigenvalue weighted by Gasteiger charge is -2.09. The van der Waals surface area contributed by atoms with E-state index < -0.39 is 10.9 Å². The SMILES string of the molecule is O=C(O)c1ccc(Br)c(Oc2ccc(Cl)cc2[N+](=O)[O-])c1. The Morgan fingerprint density at radius 3 is 2.57 bits per heavy atom. The van der Waals surface area contributed by atoms with Gasteiger partial charge in [0.25, 0.3) is 0 Å². The molecule has 2 rings (SSSR count). The van der Waals surface area contributed by atoms with Crippen molar-refractivity contribution in [3.63, 3.8) is 0 Å². The molecule has 0 heterocycles. The molecule has 0 saturated heterocycles. The van der Waals surface area contributed by atoms with Gasteiger partial charge in [-0.25, -0.2) is 4.79 Å². The summed E-state index contributed by atoms with van der Waals surface area (Å²) in [4.78, 5) is 21.3. The maximum absolute atomic E-state index is 11.0. The number of rotatable bonds is 4. The molecule has 0 aliphatic rings. The second-order valence-electron chi connectivity index (χ2n) is 3.92. The van der Waals surface area contributed by atoms with Crippen LogP contribution in [0.5, 0.6) is 11.5 Å². The number of carboxylic acid groups (broad SMARTS) is 1. The molecule has 0 spiro atoms. The molecule has 2 aromatic carbocycles. The van der Waals surface area contributed by atoms with E-state index >= 15 is 0 Å². The molecule has 108 valence electrons. The standard InChI is InChI=1S/C13H7BrClNO5/c14-9-3-1-7(13(17)18)5-12(9)21-11-4-2-8(15)6-10(11)16(19)20/h1-6H,(H,17,18). The summed E-state index contributed by atoms with van der Waals surface area (Å²) < 4.78 is 5.91. The molecule has 2 aromatic rings. The number of hydrogen-bond donors (Lipinski definition) is 1. The number of nitro groups is 1. The fraction of sp³-hybridized carbons (Fsp3) is 0. The molecule has 0 radical (unpaired) electrons. The number of benzene rings is 2. The highest BCUT2D eigenvalue weighted by atomic mass is 79.9. The van der Waals surface area contributed by atoms with Crippen molar-refractivity contribution in [3.8, 4) is 11.5 Å². The molecule has 0 amide bonds. The fourth-order valence-electron chi connectivity index (χ4n) is 1.55. The summed E-state index contributed by atoms with van der Waals surface area (Å²) in [5.74, 6) is -1.01. The van der Waals surface area contributed by atoms with Crippen LogP contribution in [-0.4, -0.2) is 16.0 Å². The number of ether oxygens (including phenoxy) is 1. The second kappa shape index (κ2) is 6.11.